The van der Waals surface area contributed by atoms with Gasteiger partial charge in [-0.3, -0.25) is 10.4 Å². The Labute approximate surface area is 148 Å². The van der Waals surface area contributed by atoms with Crippen LogP contribution in [0.25, 0.3) is 10.9 Å². The van der Waals surface area contributed by atoms with Crippen LogP contribution in [0.5, 0.6) is 0 Å². The number of nitrogens with one attached hydrogen (secondary N) is 4. The van der Waals surface area contributed by atoms with Crippen LogP contribution >= 0.6 is 0 Å². The van der Waals surface area contributed by atoms with Gasteiger partial charge in [0.1, 0.15) is 5.82 Å². The summed E-state index contributed by atoms with van der Waals surface area (Å²) in [4.78, 5) is 16.3. The van der Waals surface area contributed by atoms with Crippen LogP contribution in [0.15, 0.2) is 30.5 Å². The summed E-state index contributed by atoms with van der Waals surface area (Å²) in [7, 11) is 0. The first-order valence-corrected chi connectivity index (χ1v) is 8.08. The van der Waals surface area contributed by atoms with Gasteiger partial charge in [0.25, 0.3) is 0 Å². The molecule has 0 saturated heterocycles. The zero-order valence-electron chi connectivity index (χ0n) is 14.2. The molecule has 0 radical (unpaired) electrons. The highest BCUT2D eigenvalue weighted by atomic mass is 19.2. The second-order valence-electron chi connectivity index (χ2n) is 5.71. The summed E-state index contributed by atoms with van der Waals surface area (Å²) < 4.78 is 26.3. The van der Waals surface area contributed by atoms with E-state index >= 15 is 0 Å². The van der Waals surface area contributed by atoms with Crippen molar-refractivity contribution >= 4 is 28.6 Å². The van der Waals surface area contributed by atoms with Crippen LogP contribution in [0.4, 0.5) is 25.2 Å². The number of carbonyl (C=O) groups excluding carboxylic acids is 1. The molecule has 1 atom stereocenters. The molecular weight excluding hydrogens is 342 g/mol. The number of aromatic amines is 1. The second-order valence-corrected chi connectivity index (χ2v) is 5.71. The minimum absolute atomic E-state index is 0.333. The number of fused-ring (bicyclic) bond motifs is 1. The van der Waals surface area contributed by atoms with Crippen molar-refractivity contribution in [3.05, 3.63) is 47.7 Å². The lowest BCUT2D eigenvalue weighted by Crippen LogP contribution is -2.31. The molecule has 1 aromatic carbocycles. The third-order valence-electron chi connectivity index (χ3n) is 3.82. The summed E-state index contributed by atoms with van der Waals surface area (Å²) in [5.41, 5.74) is 1.17. The molecule has 136 valence electrons. The number of aromatic nitrogens is 3. The number of urea groups is 1. The summed E-state index contributed by atoms with van der Waals surface area (Å²) in [5.74, 6) is -0.865. The summed E-state index contributed by atoms with van der Waals surface area (Å²) in [6, 6.07) is 4.13. The van der Waals surface area contributed by atoms with Crippen molar-refractivity contribution in [1.82, 2.24) is 20.5 Å². The standard InChI is InChI=1S/C17H18F2N6O/c1-3-20-16-11-8-21-15(7-14(11)24-25-16)23-17(26)22-9(2)10-4-5-12(18)13(19)6-10/h4-9H,3H2,1-2H3,(H2,20,24,25)(H2,21,22,23,26). The molecule has 3 aromatic rings. The fourth-order valence-electron chi connectivity index (χ4n) is 2.50. The van der Waals surface area contributed by atoms with Crippen molar-refractivity contribution in [3.8, 4) is 0 Å². The summed E-state index contributed by atoms with van der Waals surface area (Å²) in [6.07, 6.45) is 1.60. The maximum Gasteiger partial charge on any atom is 0.320 e. The van der Waals surface area contributed by atoms with E-state index in [1.807, 2.05) is 6.92 Å². The van der Waals surface area contributed by atoms with E-state index in [-0.39, 0.29) is 0 Å². The van der Waals surface area contributed by atoms with E-state index in [9.17, 15) is 13.6 Å². The molecule has 2 heterocycles. The van der Waals surface area contributed by atoms with E-state index in [4.69, 9.17) is 0 Å². The SMILES string of the molecule is CCNc1n[nH]c2cc(NC(=O)NC(C)c3ccc(F)c(F)c3)ncc12. The Morgan fingerprint density at radius 3 is 2.81 bits per heavy atom. The average molecular weight is 360 g/mol. The largest absolute Gasteiger partial charge is 0.368 e. The number of pyridine rings is 1. The number of H-pyrrole nitrogens is 1. The van der Waals surface area contributed by atoms with Crippen LogP contribution in [-0.2, 0) is 0 Å². The van der Waals surface area contributed by atoms with E-state index in [1.54, 1.807) is 19.2 Å². The van der Waals surface area contributed by atoms with Gasteiger partial charge < -0.3 is 10.6 Å². The predicted octanol–water partition coefficient (Wildman–Crippen LogP) is 3.55. The second kappa shape index (κ2) is 7.34. The van der Waals surface area contributed by atoms with E-state index in [1.165, 1.54) is 6.07 Å². The van der Waals surface area contributed by atoms with Crippen LogP contribution in [0.2, 0.25) is 0 Å². The highest BCUT2D eigenvalue weighted by molar-refractivity contribution is 5.94. The van der Waals surface area contributed by atoms with Gasteiger partial charge in [0.15, 0.2) is 17.5 Å². The van der Waals surface area contributed by atoms with Crippen LogP contribution in [0.3, 0.4) is 0 Å². The van der Waals surface area contributed by atoms with Crippen molar-refractivity contribution < 1.29 is 13.6 Å². The zero-order valence-corrected chi connectivity index (χ0v) is 14.2. The highest BCUT2D eigenvalue weighted by Crippen LogP contribution is 2.21. The van der Waals surface area contributed by atoms with Crippen LogP contribution in [-0.4, -0.2) is 27.8 Å². The summed E-state index contributed by atoms with van der Waals surface area (Å²) in [5, 5.41) is 16.2. The lowest BCUT2D eigenvalue weighted by Gasteiger charge is -2.15. The first-order chi connectivity index (χ1) is 12.5. The molecule has 0 aliphatic carbocycles. The first-order valence-electron chi connectivity index (χ1n) is 8.08. The van der Waals surface area contributed by atoms with Crippen LogP contribution in [0.1, 0.15) is 25.5 Å². The number of carbonyl (C=O) groups is 1. The maximum absolute atomic E-state index is 13.3. The number of anilines is 2. The minimum atomic E-state index is -0.959. The smallest absolute Gasteiger partial charge is 0.320 e. The third kappa shape index (κ3) is 3.71. The van der Waals surface area contributed by atoms with Crippen molar-refractivity contribution in [3.63, 3.8) is 0 Å². The predicted molar refractivity (Wildman–Crippen MR) is 95.0 cm³/mol. The van der Waals surface area contributed by atoms with Gasteiger partial charge in [-0.15, -0.1) is 0 Å². The Bertz CT molecular complexity index is 942. The van der Waals surface area contributed by atoms with Crippen LogP contribution < -0.4 is 16.0 Å². The number of halogens is 2. The fourth-order valence-corrected chi connectivity index (χ4v) is 2.50. The Morgan fingerprint density at radius 2 is 2.08 bits per heavy atom. The molecule has 2 aromatic heterocycles. The van der Waals surface area contributed by atoms with Gasteiger partial charge in [-0.1, -0.05) is 6.07 Å². The first kappa shape index (κ1) is 17.6. The molecule has 0 saturated carbocycles. The lowest BCUT2D eigenvalue weighted by atomic mass is 10.1. The molecule has 0 spiro atoms. The molecule has 9 heteroatoms. The normalized spacial score (nSPS) is 12.0. The van der Waals surface area contributed by atoms with Crippen molar-refractivity contribution in [2.75, 3.05) is 17.2 Å². The van der Waals surface area contributed by atoms with E-state index in [0.717, 1.165) is 29.6 Å². The van der Waals surface area contributed by atoms with E-state index < -0.39 is 23.7 Å². The summed E-state index contributed by atoms with van der Waals surface area (Å²) in [6.45, 7) is 4.35. The number of amides is 2. The van der Waals surface area contributed by atoms with Crippen molar-refractivity contribution in [1.29, 1.82) is 0 Å². The number of nitrogens with zero attached hydrogens (tertiary/aromatic N) is 2. The zero-order chi connectivity index (χ0) is 18.7. The Kier molecular flexibility index (Phi) is 4.97. The van der Waals surface area contributed by atoms with Crippen molar-refractivity contribution in [2.24, 2.45) is 0 Å². The van der Waals surface area contributed by atoms with E-state index in [0.29, 0.717) is 17.2 Å². The maximum atomic E-state index is 13.3. The van der Waals surface area contributed by atoms with E-state index in [2.05, 4.69) is 31.1 Å². The lowest BCUT2D eigenvalue weighted by molar-refractivity contribution is 0.249. The van der Waals surface area contributed by atoms with Gasteiger partial charge in [0.05, 0.1) is 16.9 Å². The number of hydrogen-bond acceptors (Lipinski definition) is 4. The molecule has 1 unspecified atom stereocenters. The molecular formula is C17H18F2N6O. The molecule has 0 aliphatic rings. The highest BCUT2D eigenvalue weighted by Gasteiger charge is 2.13. The average Bonchev–Trinajstić information content (AvgIpc) is 3.00. The number of rotatable bonds is 5. The quantitative estimate of drug-likeness (QED) is 0.560. The van der Waals surface area contributed by atoms with Gasteiger partial charge in [0, 0.05) is 18.8 Å². The Morgan fingerprint density at radius 1 is 1.27 bits per heavy atom. The Balaban J connectivity index is 1.67. The van der Waals surface area contributed by atoms with Crippen molar-refractivity contribution in [2.45, 2.75) is 19.9 Å². The minimum Gasteiger partial charge on any atom is -0.368 e. The third-order valence-corrected chi connectivity index (χ3v) is 3.82. The molecule has 26 heavy (non-hydrogen) atoms. The fraction of sp³-hybridized carbons (Fsp3) is 0.235. The van der Waals surface area contributed by atoms with Gasteiger partial charge in [-0.05, 0) is 31.5 Å². The number of hydrogen-bond donors (Lipinski definition) is 4. The summed E-state index contributed by atoms with van der Waals surface area (Å²) >= 11 is 0. The molecule has 0 fully saturated rings. The van der Waals surface area contributed by atoms with Gasteiger partial charge in [-0.2, -0.15) is 5.10 Å². The van der Waals surface area contributed by atoms with Gasteiger partial charge >= 0.3 is 6.03 Å². The molecule has 3 rings (SSSR count). The topological polar surface area (TPSA) is 94.7 Å². The van der Waals surface area contributed by atoms with Crippen LogP contribution in [0, 0.1) is 11.6 Å². The molecule has 2 amide bonds. The number of benzene rings is 1. The molecule has 0 bridgehead atoms. The van der Waals surface area contributed by atoms with Gasteiger partial charge in [-0.25, -0.2) is 18.6 Å². The molecule has 0 aliphatic heterocycles. The van der Waals surface area contributed by atoms with Gasteiger partial charge in [0.2, 0.25) is 0 Å². The molecule has 7 nitrogen and oxygen atoms in total. The Hall–Kier alpha value is -3.23. The molecule has 4 N–H and O–H groups in total. The monoisotopic (exact) mass is 360 g/mol.